The van der Waals surface area contributed by atoms with Gasteiger partial charge in [-0.3, -0.25) is 10.1 Å². The maximum Gasteiger partial charge on any atom is 0.0951 e. The van der Waals surface area contributed by atoms with E-state index in [0.717, 1.165) is 11.3 Å². The highest BCUT2D eigenvalue weighted by Gasteiger charge is 2.21. The fourth-order valence-electron chi connectivity index (χ4n) is 1.74. The van der Waals surface area contributed by atoms with Crippen LogP contribution in [0.15, 0.2) is 6.20 Å². The zero-order chi connectivity index (χ0) is 10.1. The lowest BCUT2D eigenvalue weighted by Crippen LogP contribution is -2.17. The highest BCUT2D eigenvalue weighted by molar-refractivity contribution is 5.79. The first-order valence-electron chi connectivity index (χ1n) is 5.04. The van der Waals surface area contributed by atoms with Crippen LogP contribution in [0.5, 0.6) is 0 Å². The van der Waals surface area contributed by atoms with Gasteiger partial charge in [0, 0.05) is 18.2 Å². The SMILES string of the molecule is Cc1nn(C2CCC2)cc1CC(=N)N. The number of aryl methyl sites for hydroxylation is 1. The number of nitrogens with zero attached hydrogens (tertiary/aromatic N) is 2. The molecule has 1 aliphatic carbocycles. The monoisotopic (exact) mass is 192 g/mol. The molecule has 3 N–H and O–H groups in total. The molecule has 0 aromatic carbocycles. The number of aromatic nitrogens is 2. The molecule has 14 heavy (non-hydrogen) atoms. The first-order chi connectivity index (χ1) is 6.66. The van der Waals surface area contributed by atoms with Crippen LogP contribution in [0.3, 0.4) is 0 Å². The van der Waals surface area contributed by atoms with Gasteiger partial charge in [-0.05, 0) is 26.2 Å². The van der Waals surface area contributed by atoms with Crippen LogP contribution in [0, 0.1) is 12.3 Å². The van der Waals surface area contributed by atoms with Crippen LogP contribution in [0.4, 0.5) is 0 Å². The summed E-state index contributed by atoms with van der Waals surface area (Å²) in [4.78, 5) is 0. The van der Waals surface area contributed by atoms with Crippen LogP contribution in [0.25, 0.3) is 0 Å². The van der Waals surface area contributed by atoms with E-state index in [1.165, 1.54) is 19.3 Å². The zero-order valence-corrected chi connectivity index (χ0v) is 8.45. The van der Waals surface area contributed by atoms with Crippen LogP contribution in [-0.4, -0.2) is 15.6 Å². The van der Waals surface area contributed by atoms with E-state index in [0.29, 0.717) is 12.5 Å². The molecule has 0 unspecified atom stereocenters. The Hall–Kier alpha value is -1.32. The number of nitrogens with two attached hydrogens (primary N) is 1. The molecule has 0 amide bonds. The molecule has 76 valence electrons. The number of nitrogens with one attached hydrogen (secondary N) is 1. The summed E-state index contributed by atoms with van der Waals surface area (Å²) >= 11 is 0. The summed E-state index contributed by atoms with van der Waals surface area (Å²) in [5.74, 6) is 0.209. The smallest absolute Gasteiger partial charge is 0.0951 e. The number of hydrogen-bond acceptors (Lipinski definition) is 2. The van der Waals surface area contributed by atoms with Crippen LogP contribution < -0.4 is 5.73 Å². The Bertz CT molecular complexity index is 349. The van der Waals surface area contributed by atoms with E-state index in [2.05, 4.69) is 5.10 Å². The van der Waals surface area contributed by atoms with Gasteiger partial charge in [-0.2, -0.15) is 5.10 Å². The van der Waals surface area contributed by atoms with Crippen LogP contribution in [0.1, 0.15) is 36.6 Å². The zero-order valence-electron chi connectivity index (χ0n) is 8.45. The first kappa shape index (κ1) is 9.24. The van der Waals surface area contributed by atoms with Gasteiger partial charge in [0.25, 0.3) is 0 Å². The minimum Gasteiger partial charge on any atom is -0.387 e. The normalized spacial score (nSPS) is 16.6. The van der Waals surface area contributed by atoms with Gasteiger partial charge in [-0.1, -0.05) is 0 Å². The van der Waals surface area contributed by atoms with Gasteiger partial charge < -0.3 is 5.73 Å². The fraction of sp³-hybridized carbons (Fsp3) is 0.600. The molecular formula is C10H16N4. The molecule has 0 aliphatic heterocycles. The molecule has 1 aliphatic rings. The van der Waals surface area contributed by atoms with Crippen molar-refractivity contribution in [2.75, 3.05) is 0 Å². The Balaban J connectivity index is 2.16. The van der Waals surface area contributed by atoms with Gasteiger partial charge in [0.15, 0.2) is 0 Å². The standard InChI is InChI=1S/C10H16N4/c1-7-8(5-10(11)12)6-14(13-7)9-3-2-4-9/h6,9H,2-5H2,1H3,(H3,11,12). The molecule has 4 heteroatoms. The quantitative estimate of drug-likeness (QED) is 0.561. The van der Waals surface area contributed by atoms with E-state index in [-0.39, 0.29) is 5.84 Å². The van der Waals surface area contributed by atoms with Crippen molar-refractivity contribution in [3.63, 3.8) is 0 Å². The Morgan fingerprint density at radius 2 is 2.43 bits per heavy atom. The second-order valence-electron chi connectivity index (χ2n) is 4.01. The molecule has 4 nitrogen and oxygen atoms in total. The summed E-state index contributed by atoms with van der Waals surface area (Å²) in [5.41, 5.74) is 7.47. The van der Waals surface area contributed by atoms with Crippen molar-refractivity contribution in [1.29, 1.82) is 5.41 Å². The van der Waals surface area contributed by atoms with E-state index < -0.39 is 0 Å². The Morgan fingerprint density at radius 3 is 2.93 bits per heavy atom. The molecule has 1 aromatic heterocycles. The molecule has 0 saturated heterocycles. The van der Waals surface area contributed by atoms with Crippen molar-refractivity contribution in [3.05, 3.63) is 17.5 Å². The molecule has 1 fully saturated rings. The van der Waals surface area contributed by atoms with Crippen molar-refractivity contribution in [3.8, 4) is 0 Å². The van der Waals surface area contributed by atoms with Crippen molar-refractivity contribution in [2.45, 2.75) is 38.6 Å². The minimum atomic E-state index is 0.209. The topological polar surface area (TPSA) is 67.7 Å². The fourth-order valence-corrected chi connectivity index (χ4v) is 1.74. The van der Waals surface area contributed by atoms with E-state index >= 15 is 0 Å². The summed E-state index contributed by atoms with van der Waals surface area (Å²) < 4.78 is 2.04. The third-order valence-electron chi connectivity index (χ3n) is 2.85. The summed E-state index contributed by atoms with van der Waals surface area (Å²) in [5, 5.41) is 11.7. The van der Waals surface area contributed by atoms with Gasteiger partial charge in [-0.15, -0.1) is 0 Å². The highest BCUT2D eigenvalue weighted by atomic mass is 15.3. The lowest BCUT2D eigenvalue weighted by Gasteiger charge is -2.25. The molecule has 0 bridgehead atoms. The molecule has 0 spiro atoms. The summed E-state index contributed by atoms with van der Waals surface area (Å²) in [6.45, 7) is 1.98. The predicted molar refractivity (Wildman–Crippen MR) is 55.5 cm³/mol. The van der Waals surface area contributed by atoms with Crippen molar-refractivity contribution >= 4 is 5.84 Å². The largest absolute Gasteiger partial charge is 0.387 e. The van der Waals surface area contributed by atoms with Gasteiger partial charge in [0.1, 0.15) is 0 Å². The molecule has 1 saturated carbocycles. The number of amidine groups is 1. The third kappa shape index (κ3) is 1.64. The van der Waals surface area contributed by atoms with Gasteiger partial charge in [0.05, 0.1) is 17.6 Å². The second-order valence-corrected chi connectivity index (χ2v) is 4.01. The van der Waals surface area contributed by atoms with E-state index in [9.17, 15) is 0 Å². The molecule has 1 aromatic rings. The second kappa shape index (κ2) is 3.44. The van der Waals surface area contributed by atoms with E-state index in [4.69, 9.17) is 11.1 Å². The average Bonchev–Trinajstić information content (AvgIpc) is 2.27. The minimum absolute atomic E-state index is 0.209. The van der Waals surface area contributed by atoms with Crippen LogP contribution >= 0.6 is 0 Å². The first-order valence-corrected chi connectivity index (χ1v) is 5.04. The molecule has 0 atom stereocenters. The Morgan fingerprint density at radius 1 is 1.71 bits per heavy atom. The number of hydrogen-bond donors (Lipinski definition) is 2. The predicted octanol–water partition coefficient (Wildman–Crippen LogP) is 1.39. The third-order valence-corrected chi connectivity index (χ3v) is 2.85. The van der Waals surface area contributed by atoms with Gasteiger partial charge in [0.2, 0.25) is 0 Å². The van der Waals surface area contributed by atoms with Crippen molar-refractivity contribution < 1.29 is 0 Å². The Kier molecular flexibility index (Phi) is 2.27. The lowest BCUT2D eigenvalue weighted by atomic mass is 9.93. The molecule has 0 radical (unpaired) electrons. The maximum atomic E-state index is 7.24. The highest BCUT2D eigenvalue weighted by Crippen LogP contribution is 2.31. The van der Waals surface area contributed by atoms with Gasteiger partial charge in [-0.25, -0.2) is 0 Å². The lowest BCUT2D eigenvalue weighted by molar-refractivity contribution is 0.288. The Labute approximate surface area is 83.6 Å². The van der Waals surface area contributed by atoms with E-state index in [1.54, 1.807) is 0 Å². The van der Waals surface area contributed by atoms with Gasteiger partial charge >= 0.3 is 0 Å². The molecular weight excluding hydrogens is 176 g/mol. The van der Waals surface area contributed by atoms with E-state index in [1.807, 2.05) is 17.8 Å². The van der Waals surface area contributed by atoms with Crippen molar-refractivity contribution in [1.82, 2.24) is 9.78 Å². The number of rotatable bonds is 3. The summed E-state index contributed by atoms with van der Waals surface area (Å²) in [6.07, 6.45) is 6.35. The summed E-state index contributed by atoms with van der Waals surface area (Å²) in [7, 11) is 0. The van der Waals surface area contributed by atoms with Crippen LogP contribution in [-0.2, 0) is 6.42 Å². The van der Waals surface area contributed by atoms with Crippen LogP contribution in [0.2, 0.25) is 0 Å². The average molecular weight is 192 g/mol. The molecule has 1 heterocycles. The summed E-state index contributed by atoms with van der Waals surface area (Å²) in [6, 6.07) is 0.592. The maximum absolute atomic E-state index is 7.24. The molecule has 2 rings (SSSR count). The van der Waals surface area contributed by atoms with Crippen molar-refractivity contribution in [2.24, 2.45) is 5.73 Å².